The maximum Gasteiger partial charge on any atom is 0.241 e. The van der Waals surface area contributed by atoms with E-state index in [1.165, 1.54) is 0 Å². The molecule has 0 amide bonds. The van der Waals surface area contributed by atoms with E-state index in [1.54, 1.807) is 4.80 Å². The molecule has 2 aromatic carbocycles. The number of aromatic nitrogens is 5. The van der Waals surface area contributed by atoms with Crippen LogP contribution in [0.25, 0.3) is 17.1 Å². The van der Waals surface area contributed by atoms with Crippen LogP contribution in [-0.2, 0) is 13.1 Å². The molecule has 2 aromatic heterocycles. The number of hydrogen-bond acceptors (Lipinski definition) is 7. The molecular weight excluding hydrogens is 390 g/mol. The van der Waals surface area contributed by atoms with E-state index in [-0.39, 0.29) is 0 Å². The van der Waals surface area contributed by atoms with Gasteiger partial charge in [0.15, 0.2) is 0 Å². The molecule has 0 aliphatic carbocycles. The molecule has 0 saturated carbocycles. The molecule has 0 atom stereocenters. The number of benzene rings is 2. The largest absolute Gasteiger partial charge is 0.338 e. The molecule has 5 rings (SSSR count). The molecule has 1 saturated heterocycles. The molecule has 158 valence electrons. The van der Waals surface area contributed by atoms with Crippen LogP contribution in [0.1, 0.15) is 17.1 Å². The summed E-state index contributed by atoms with van der Waals surface area (Å²) in [5, 5.41) is 13.2. The molecule has 0 unspecified atom stereocenters. The van der Waals surface area contributed by atoms with Gasteiger partial charge in [-0.2, -0.15) is 20.0 Å². The van der Waals surface area contributed by atoms with Crippen LogP contribution in [0.3, 0.4) is 0 Å². The van der Waals surface area contributed by atoms with Gasteiger partial charge < -0.3 is 4.52 Å². The van der Waals surface area contributed by atoms with E-state index >= 15 is 0 Å². The van der Waals surface area contributed by atoms with Crippen LogP contribution in [0.15, 0.2) is 65.3 Å². The first-order valence-corrected chi connectivity index (χ1v) is 10.5. The smallest absolute Gasteiger partial charge is 0.241 e. The zero-order valence-electron chi connectivity index (χ0n) is 17.6. The van der Waals surface area contributed by atoms with Gasteiger partial charge in [-0.15, -0.1) is 0 Å². The Kier molecular flexibility index (Phi) is 5.56. The molecule has 8 nitrogen and oxygen atoms in total. The van der Waals surface area contributed by atoms with Gasteiger partial charge in [0.1, 0.15) is 0 Å². The minimum Gasteiger partial charge on any atom is -0.338 e. The number of rotatable bonds is 6. The second-order valence-electron chi connectivity index (χ2n) is 7.84. The van der Waals surface area contributed by atoms with Crippen molar-refractivity contribution in [2.45, 2.75) is 20.0 Å². The molecule has 31 heavy (non-hydrogen) atoms. The molecule has 0 bridgehead atoms. The fourth-order valence-electron chi connectivity index (χ4n) is 3.83. The molecule has 8 heteroatoms. The Morgan fingerprint density at radius 2 is 1.58 bits per heavy atom. The van der Waals surface area contributed by atoms with Crippen molar-refractivity contribution in [1.82, 2.24) is 34.9 Å². The lowest BCUT2D eigenvalue weighted by Crippen LogP contribution is -2.45. The number of piperazine rings is 1. The summed E-state index contributed by atoms with van der Waals surface area (Å²) in [5.74, 6) is 1.32. The van der Waals surface area contributed by atoms with Gasteiger partial charge in [0.05, 0.1) is 24.1 Å². The predicted molar refractivity (Wildman–Crippen MR) is 116 cm³/mol. The van der Waals surface area contributed by atoms with Gasteiger partial charge in [-0.1, -0.05) is 47.6 Å². The molecule has 1 aliphatic heterocycles. The summed E-state index contributed by atoms with van der Waals surface area (Å²) in [5.41, 5.74) is 4.12. The van der Waals surface area contributed by atoms with E-state index in [0.29, 0.717) is 18.3 Å². The quantitative estimate of drug-likeness (QED) is 0.479. The fourth-order valence-corrected chi connectivity index (χ4v) is 3.83. The van der Waals surface area contributed by atoms with Crippen molar-refractivity contribution in [2.75, 3.05) is 26.2 Å². The SMILES string of the molecule is Cc1ccccc1-c1noc(CN2CCN(Cc3cnn(-c4ccccc4)n3)CC2)n1. The highest BCUT2D eigenvalue weighted by atomic mass is 16.5. The van der Waals surface area contributed by atoms with Crippen molar-refractivity contribution in [1.29, 1.82) is 0 Å². The second-order valence-corrected chi connectivity index (χ2v) is 7.84. The highest BCUT2D eigenvalue weighted by Gasteiger charge is 2.20. The van der Waals surface area contributed by atoms with Gasteiger partial charge in [0.25, 0.3) is 0 Å². The van der Waals surface area contributed by atoms with E-state index in [2.05, 4.69) is 43.1 Å². The highest BCUT2D eigenvalue weighted by molar-refractivity contribution is 5.58. The first-order valence-electron chi connectivity index (χ1n) is 10.5. The third kappa shape index (κ3) is 4.55. The number of nitrogens with zero attached hydrogens (tertiary/aromatic N) is 7. The van der Waals surface area contributed by atoms with Crippen molar-refractivity contribution in [2.24, 2.45) is 0 Å². The van der Waals surface area contributed by atoms with E-state index in [1.807, 2.05) is 54.7 Å². The van der Waals surface area contributed by atoms with Crippen molar-refractivity contribution in [3.05, 3.63) is 77.9 Å². The average Bonchev–Trinajstić information content (AvgIpc) is 3.46. The summed E-state index contributed by atoms with van der Waals surface area (Å²) < 4.78 is 5.51. The maximum atomic E-state index is 5.51. The normalized spacial score (nSPS) is 15.4. The summed E-state index contributed by atoms with van der Waals surface area (Å²) in [6.45, 7) is 7.39. The second kappa shape index (κ2) is 8.79. The summed E-state index contributed by atoms with van der Waals surface area (Å²) in [6, 6.07) is 18.1. The molecule has 0 N–H and O–H groups in total. The van der Waals surface area contributed by atoms with Crippen LogP contribution >= 0.6 is 0 Å². The lowest BCUT2D eigenvalue weighted by Gasteiger charge is -2.33. The van der Waals surface area contributed by atoms with Gasteiger partial charge in [0, 0.05) is 38.3 Å². The third-order valence-corrected chi connectivity index (χ3v) is 5.59. The molecule has 1 fully saturated rings. The molecule has 0 radical (unpaired) electrons. The van der Waals surface area contributed by atoms with Crippen molar-refractivity contribution >= 4 is 0 Å². The molecular formula is C23H25N7O. The third-order valence-electron chi connectivity index (χ3n) is 5.59. The van der Waals surface area contributed by atoms with E-state index < -0.39 is 0 Å². The average molecular weight is 416 g/mol. The molecule has 3 heterocycles. The Hall–Kier alpha value is -3.36. The summed E-state index contributed by atoms with van der Waals surface area (Å²) >= 11 is 0. The van der Waals surface area contributed by atoms with Crippen LogP contribution in [0.4, 0.5) is 0 Å². The van der Waals surface area contributed by atoms with Crippen LogP contribution in [0, 0.1) is 6.92 Å². The monoisotopic (exact) mass is 415 g/mol. The van der Waals surface area contributed by atoms with Gasteiger partial charge >= 0.3 is 0 Å². The Labute approximate surface area is 181 Å². The summed E-state index contributed by atoms with van der Waals surface area (Å²) in [7, 11) is 0. The van der Waals surface area contributed by atoms with E-state index in [0.717, 1.165) is 55.2 Å². The predicted octanol–water partition coefficient (Wildman–Crippen LogP) is 2.94. The topological polar surface area (TPSA) is 76.1 Å². The highest BCUT2D eigenvalue weighted by Crippen LogP contribution is 2.20. The molecule has 1 aliphatic rings. The fraction of sp³-hybridized carbons (Fsp3) is 0.304. The Morgan fingerprint density at radius 3 is 2.35 bits per heavy atom. The van der Waals surface area contributed by atoms with Crippen LogP contribution < -0.4 is 0 Å². The summed E-state index contributed by atoms with van der Waals surface area (Å²) in [6.07, 6.45) is 1.85. The Morgan fingerprint density at radius 1 is 0.871 bits per heavy atom. The van der Waals surface area contributed by atoms with Crippen LogP contribution in [-0.4, -0.2) is 61.1 Å². The number of aryl methyl sites for hydroxylation is 1. The first kappa shape index (κ1) is 19.6. The first-order chi connectivity index (χ1) is 15.2. The van der Waals surface area contributed by atoms with Crippen LogP contribution in [0.5, 0.6) is 0 Å². The van der Waals surface area contributed by atoms with Gasteiger partial charge in [-0.05, 0) is 24.6 Å². The van der Waals surface area contributed by atoms with Gasteiger partial charge in [0.2, 0.25) is 11.7 Å². The zero-order chi connectivity index (χ0) is 21.0. The summed E-state index contributed by atoms with van der Waals surface area (Å²) in [4.78, 5) is 11.0. The minimum absolute atomic E-state index is 0.660. The van der Waals surface area contributed by atoms with Gasteiger partial charge in [-0.25, -0.2) is 0 Å². The number of para-hydroxylation sites is 1. The standard InChI is InChI=1S/C23H25N7O/c1-18-7-5-6-10-21(18)23-25-22(31-27-23)17-29-13-11-28(12-14-29)16-19-15-24-30(26-19)20-8-3-2-4-9-20/h2-10,15H,11-14,16-17H2,1H3. The van der Waals surface area contributed by atoms with Crippen molar-refractivity contribution in [3.8, 4) is 17.1 Å². The maximum absolute atomic E-state index is 5.51. The molecule has 0 spiro atoms. The molecule has 4 aromatic rings. The van der Waals surface area contributed by atoms with E-state index in [4.69, 9.17) is 4.52 Å². The van der Waals surface area contributed by atoms with E-state index in [9.17, 15) is 0 Å². The lowest BCUT2D eigenvalue weighted by molar-refractivity contribution is 0.111. The Bertz CT molecular complexity index is 1130. The Balaban J connectivity index is 1.14. The van der Waals surface area contributed by atoms with Crippen LogP contribution in [0.2, 0.25) is 0 Å². The van der Waals surface area contributed by atoms with Crippen molar-refractivity contribution in [3.63, 3.8) is 0 Å². The van der Waals surface area contributed by atoms with Gasteiger partial charge in [-0.3, -0.25) is 9.80 Å². The lowest BCUT2D eigenvalue weighted by atomic mass is 10.1. The zero-order valence-corrected chi connectivity index (χ0v) is 17.6. The minimum atomic E-state index is 0.660. The number of hydrogen-bond donors (Lipinski definition) is 0. The van der Waals surface area contributed by atoms with Crippen molar-refractivity contribution < 1.29 is 4.52 Å².